The molecule has 1 unspecified atom stereocenters. The molecule has 3 N–H and O–H groups in total. The topological polar surface area (TPSA) is 49.5 Å². The molecule has 21 heavy (non-hydrogen) atoms. The van der Waals surface area contributed by atoms with Crippen molar-refractivity contribution < 1.29 is 9.50 Å². The Morgan fingerprint density at radius 3 is 2.67 bits per heavy atom. The number of aryl methyl sites for hydroxylation is 1. The van der Waals surface area contributed by atoms with E-state index in [4.69, 9.17) is 5.73 Å². The van der Waals surface area contributed by atoms with Gasteiger partial charge in [0, 0.05) is 25.2 Å². The second-order valence-electron chi connectivity index (χ2n) is 6.10. The molecule has 0 heterocycles. The number of hydrogen-bond donors (Lipinski definition) is 2. The summed E-state index contributed by atoms with van der Waals surface area (Å²) in [5.41, 5.74) is 7.71. The van der Waals surface area contributed by atoms with E-state index in [9.17, 15) is 9.50 Å². The largest absolute Gasteiger partial charge is 0.395 e. The van der Waals surface area contributed by atoms with E-state index in [1.54, 1.807) is 19.1 Å². The fraction of sp³-hybridized carbons (Fsp3) is 0.647. The number of benzene rings is 1. The predicted molar refractivity (Wildman–Crippen MR) is 83.6 cm³/mol. The molecule has 1 saturated carbocycles. The van der Waals surface area contributed by atoms with Crippen LogP contribution in [-0.2, 0) is 0 Å². The first-order valence-corrected chi connectivity index (χ1v) is 7.98. The quantitative estimate of drug-likeness (QED) is 0.813. The monoisotopic (exact) mass is 294 g/mol. The number of nitrogens with two attached hydrogens (primary N) is 1. The maximum Gasteiger partial charge on any atom is 0.126 e. The fourth-order valence-corrected chi connectivity index (χ4v) is 3.19. The Balaban J connectivity index is 1.91. The number of aliphatic hydroxyl groups is 1. The molecule has 1 aliphatic rings. The van der Waals surface area contributed by atoms with Crippen molar-refractivity contribution in [2.24, 2.45) is 5.73 Å². The minimum absolute atomic E-state index is 0.150. The van der Waals surface area contributed by atoms with Gasteiger partial charge >= 0.3 is 0 Å². The molecular formula is C17H27FN2O. The fourth-order valence-electron chi connectivity index (χ4n) is 3.19. The van der Waals surface area contributed by atoms with Crippen LogP contribution in [0, 0.1) is 12.7 Å². The van der Waals surface area contributed by atoms with Crippen LogP contribution in [0.15, 0.2) is 18.2 Å². The van der Waals surface area contributed by atoms with Gasteiger partial charge in [-0.15, -0.1) is 0 Å². The van der Waals surface area contributed by atoms with E-state index in [1.165, 1.54) is 25.7 Å². The maximum absolute atomic E-state index is 13.6. The first kappa shape index (κ1) is 16.4. The summed E-state index contributed by atoms with van der Waals surface area (Å²) < 4.78 is 13.6. The molecule has 0 amide bonds. The smallest absolute Gasteiger partial charge is 0.126 e. The zero-order valence-electron chi connectivity index (χ0n) is 12.9. The molecule has 3 nitrogen and oxygen atoms in total. The Labute approximate surface area is 126 Å². The molecule has 1 aromatic carbocycles. The van der Waals surface area contributed by atoms with Crippen molar-refractivity contribution >= 4 is 0 Å². The Morgan fingerprint density at radius 2 is 2.05 bits per heavy atom. The molecule has 0 saturated heterocycles. The summed E-state index contributed by atoms with van der Waals surface area (Å²) in [5, 5.41) is 9.22. The molecule has 0 bridgehead atoms. The predicted octanol–water partition coefficient (Wildman–Crippen LogP) is 2.76. The third kappa shape index (κ3) is 4.50. The van der Waals surface area contributed by atoms with E-state index >= 15 is 0 Å². The molecule has 0 spiro atoms. The third-order valence-electron chi connectivity index (χ3n) is 4.58. The van der Waals surface area contributed by atoms with Gasteiger partial charge in [-0.1, -0.05) is 25.0 Å². The number of halogens is 1. The molecule has 2 rings (SSSR count). The molecule has 1 aliphatic carbocycles. The van der Waals surface area contributed by atoms with E-state index < -0.39 is 0 Å². The summed E-state index contributed by atoms with van der Waals surface area (Å²) in [4.78, 5) is 2.34. The number of rotatable bonds is 7. The standard InChI is InChI=1S/C17H27FN2O/c1-13-6-7-14(12-16(13)18)17(19)8-9-20(10-11-21)15-4-2-3-5-15/h6-7,12,15,17,21H,2-5,8-11,19H2,1H3. The Hall–Kier alpha value is -0.970. The number of nitrogens with zero attached hydrogens (tertiary/aromatic N) is 1. The van der Waals surface area contributed by atoms with Gasteiger partial charge < -0.3 is 10.8 Å². The average molecular weight is 294 g/mol. The van der Waals surface area contributed by atoms with Crippen molar-refractivity contribution in [2.75, 3.05) is 19.7 Å². The van der Waals surface area contributed by atoms with Gasteiger partial charge in [0.05, 0.1) is 6.61 Å². The summed E-state index contributed by atoms with van der Waals surface area (Å²) in [7, 11) is 0. The molecule has 1 aromatic rings. The lowest BCUT2D eigenvalue weighted by Crippen LogP contribution is -2.37. The molecule has 0 radical (unpaired) electrons. The van der Waals surface area contributed by atoms with Crippen molar-refractivity contribution in [3.8, 4) is 0 Å². The van der Waals surface area contributed by atoms with Gasteiger partial charge in [-0.05, 0) is 43.4 Å². The maximum atomic E-state index is 13.6. The SMILES string of the molecule is Cc1ccc(C(N)CCN(CCO)C2CCCC2)cc1F. The Kier molecular flexibility index (Phi) is 6.15. The highest BCUT2D eigenvalue weighted by Gasteiger charge is 2.22. The van der Waals surface area contributed by atoms with Crippen LogP contribution in [0.25, 0.3) is 0 Å². The van der Waals surface area contributed by atoms with E-state index in [0.29, 0.717) is 18.2 Å². The highest BCUT2D eigenvalue weighted by molar-refractivity contribution is 5.25. The Morgan fingerprint density at radius 1 is 1.33 bits per heavy atom. The van der Waals surface area contributed by atoms with Gasteiger partial charge in [0.15, 0.2) is 0 Å². The molecule has 1 fully saturated rings. The van der Waals surface area contributed by atoms with E-state index in [0.717, 1.165) is 18.5 Å². The van der Waals surface area contributed by atoms with Crippen LogP contribution >= 0.6 is 0 Å². The van der Waals surface area contributed by atoms with Crippen molar-refractivity contribution in [3.63, 3.8) is 0 Å². The van der Waals surface area contributed by atoms with Gasteiger partial charge in [-0.3, -0.25) is 4.90 Å². The molecular weight excluding hydrogens is 267 g/mol. The van der Waals surface area contributed by atoms with Crippen LogP contribution in [0.4, 0.5) is 4.39 Å². The van der Waals surface area contributed by atoms with Crippen molar-refractivity contribution in [1.29, 1.82) is 0 Å². The zero-order valence-corrected chi connectivity index (χ0v) is 12.9. The first-order chi connectivity index (χ1) is 10.1. The van der Waals surface area contributed by atoms with Gasteiger partial charge in [-0.2, -0.15) is 0 Å². The zero-order chi connectivity index (χ0) is 15.2. The summed E-state index contributed by atoms with van der Waals surface area (Å²) in [5.74, 6) is -0.189. The number of hydrogen-bond acceptors (Lipinski definition) is 3. The first-order valence-electron chi connectivity index (χ1n) is 7.98. The van der Waals surface area contributed by atoms with Crippen LogP contribution in [0.3, 0.4) is 0 Å². The van der Waals surface area contributed by atoms with Gasteiger partial charge in [0.1, 0.15) is 5.82 Å². The minimum Gasteiger partial charge on any atom is -0.395 e. The van der Waals surface area contributed by atoms with E-state index in [1.807, 2.05) is 6.07 Å². The van der Waals surface area contributed by atoms with E-state index in [-0.39, 0.29) is 18.5 Å². The minimum atomic E-state index is -0.189. The lowest BCUT2D eigenvalue weighted by atomic mass is 10.0. The normalized spacial score (nSPS) is 17.6. The van der Waals surface area contributed by atoms with Crippen LogP contribution < -0.4 is 5.73 Å². The van der Waals surface area contributed by atoms with Gasteiger partial charge in [-0.25, -0.2) is 4.39 Å². The summed E-state index contributed by atoms with van der Waals surface area (Å²) in [6.07, 6.45) is 5.78. The average Bonchev–Trinajstić information content (AvgIpc) is 3.00. The third-order valence-corrected chi connectivity index (χ3v) is 4.58. The molecule has 4 heteroatoms. The van der Waals surface area contributed by atoms with Crippen LogP contribution in [0.1, 0.15) is 49.3 Å². The van der Waals surface area contributed by atoms with Gasteiger partial charge in [0.25, 0.3) is 0 Å². The lowest BCUT2D eigenvalue weighted by molar-refractivity contribution is 0.147. The molecule has 0 aliphatic heterocycles. The molecule has 0 aromatic heterocycles. The highest BCUT2D eigenvalue weighted by atomic mass is 19.1. The highest BCUT2D eigenvalue weighted by Crippen LogP contribution is 2.25. The summed E-state index contributed by atoms with van der Waals surface area (Å²) in [6.45, 7) is 3.51. The van der Waals surface area contributed by atoms with Crippen molar-refractivity contribution in [3.05, 3.63) is 35.1 Å². The second-order valence-corrected chi connectivity index (χ2v) is 6.10. The summed E-state index contributed by atoms with van der Waals surface area (Å²) >= 11 is 0. The van der Waals surface area contributed by atoms with Crippen LogP contribution in [0.2, 0.25) is 0 Å². The van der Waals surface area contributed by atoms with Gasteiger partial charge in [0.2, 0.25) is 0 Å². The lowest BCUT2D eigenvalue weighted by Gasteiger charge is -2.29. The van der Waals surface area contributed by atoms with Crippen LogP contribution in [0.5, 0.6) is 0 Å². The summed E-state index contributed by atoms with van der Waals surface area (Å²) in [6, 6.07) is 5.68. The Bertz CT molecular complexity index is 446. The van der Waals surface area contributed by atoms with E-state index in [2.05, 4.69) is 4.90 Å². The van der Waals surface area contributed by atoms with Crippen molar-refractivity contribution in [2.45, 2.75) is 51.1 Å². The van der Waals surface area contributed by atoms with Crippen molar-refractivity contribution in [1.82, 2.24) is 4.90 Å². The second kappa shape index (κ2) is 7.87. The molecule has 118 valence electrons. The van der Waals surface area contributed by atoms with Crippen LogP contribution in [-0.4, -0.2) is 35.7 Å². The molecule has 1 atom stereocenters. The number of aliphatic hydroxyl groups excluding tert-OH is 1.